The Morgan fingerprint density at radius 3 is 2.58 bits per heavy atom. The Morgan fingerprint density at radius 2 is 1.85 bits per heavy atom. The minimum atomic E-state index is -0.368. The molecule has 9 heteroatoms. The van der Waals surface area contributed by atoms with Gasteiger partial charge in [-0.05, 0) is 70.1 Å². The number of esters is 1. The number of nitrogens with zero attached hydrogens (tertiary/aromatic N) is 3. The van der Waals surface area contributed by atoms with Crippen molar-refractivity contribution >= 4 is 40.8 Å². The molecule has 3 heterocycles. The van der Waals surface area contributed by atoms with E-state index in [1.54, 1.807) is 25.1 Å². The molecule has 2 amide bonds. The minimum Gasteiger partial charge on any atom is -0.457 e. The molecule has 0 atom stereocenters. The highest BCUT2D eigenvalue weighted by Gasteiger charge is 2.37. The number of piperazine rings is 1. The number of thiocarbonyl (C=S) groups is 1. The Labute approximate surface area is 199 Å². The lowest BCUT2D eigenvalue weighted by molar-refractivity contribution is -0.120. The molecule has 0 bridgehead atoms. The van der Waals surface area contributed by atoms with Gasteiger partial charge in [0.1, 0.15) is 6.61 Å². The fourth-order valence-corrected chi connectivity index (χ4v) is 4.87. The van der Waals surface area contributed by atoms with Crippen molar-refractivity contribution in [3.63, 3.8) is 0 Å². The maximum Gasteiger partial charge on any atom is 0.338 e. The van der Waals surface area contributed by atoms with Crippen LogP contribution in [0.5, 0.6) is 0 Å². The predicted octanol–water partition coefficient (Wildman–Crippen LogP) is 2.23. The third-order valence-corrected chi connectivity index (χ3v) is 6.90. The molecule has 0 radical (unpaired) electrons. The van der Waals surface area contributed by atoms with Gasteiger partial charge in [-0.1, -0.05) is 0 Å². The summed E-state index contributed by atoms with van der Waals surface area (Å²) in [6.07, 6.45) is 2.40. The number of rotatable bonds is 7. The van der Waals surface area contributed by atoms with E-state index in [1.807, 2.05) is 6.92 Å². The molecule has 4 rings (SSSR count). The third kappa shape index (κ3) is 4.79. The van der Waals surface area contributed by atoms with Crippen molar-refractivity contribution in [1.82, 2.24) is 15.1 Å². The second-order valence-electron chi connectivity index (χ2n) is 8.59. The zero-order valence-electron chi connectivity index (χ0n) is 19.2. The largest absolute Gasteiger partial charge is 0.457 e. The summed E-state index contributed by atoms with van der Waals surface area (Å²) in [7, 11) is 0. The van der Waals surface area contributed by atoms with Crippen molar-refractivity contribution in [3.8, 4) is 0 Å². The van der Waals surface area contributed by atoms with Gasteiger partial charge in [-0.2, -0.15) is 0 Å². The van der Waals surface area contributed by atoms with Crippen LogP contribution in [0.3, 0.4) is 0 Å². The zero-order valence-corrected chi connectivity index (χ0v) is 20.0. The number of benzene rings is 1. The van der Waals surface area contributed by atoms with Crippen LogP contribution in [0.2, 0.25) is 0 Å². The van der Waals surface area contributed by atoms with Gasteiger partial charge < -0.3 is 15.0 Å². The number of hydrogen-bond donors (Lipinski definition) is 1. The summed E-state index contributed by atoms with van der Waals surface area (Å²) < 4.78 is 5.03. The van der Waals surface area contributed by atoms with Gasteiger partial charge in [-0.25, -0.2) is 9.69 Å². The summed E-state index contributed by atoms with van der Waals surface area (Å²) in [4.78, 5) is 43.4. The van der Waals surface area contributed by atoms with Gasteiger partial charge in [0.2, 0.25) is 0 Å². The Hall–Kier alpha value is -2.78. The second-order valence-corrected chi connectivity index (χ2v) is 8.97. The molecular formula is C24H30N4O4S. The van der Waals surface area contributed by atoms with Gasteiger partial charge in [-0.3, -0.25) is 14.5 Å². The first-order valence-corrected chi connectivity index (χ1v) is 11.9. The highest BCUT2D eigenvalue weighted by atomic mass is 32.1. The predicted molar refractivity (Wildman–Crippen MR) is 129 cm³/mol. The van der Waals surface area contributed by atoms with Crippen molar-refractivity contribution in [2.45, 2.75) is 39.7 Å². The van der Waals surface area contributed by atoms with Crippen molar-refractivity contribution in [2.75, 3.05) is 44.2 Å². The molecular weight excluding hydrogens is 440 g/mol. The molecule has 1 N–H and O–H groups in total. The fourth-order valence-electron chi connectivity index (χ4n) is 4.55. The molecule has 0 aliphatic carbocycles. The number of carbonyl (C=O) groups is 3. The Balaban J connectivity index is 1.27. The lowest BCUT2D eigenvalue weighted by Gasteiger charge is -2.36. The Kier molecular flexibility index (Phi) is 7.09. The van der Waals surface area contributed by atoms with Crippen molar-refractivity contribution in [3.05, 3.63) is 40.5 Å². The maximum absolute atomic E-state index is 13.1. The van der Waals surface area contributed by atoms with E-state index in [1.165, 1.54) is 4.90 Å². The molecule has 0 spiro atoms. The molecule has 1 aromatic carbocycles. The molecule has 1 saturated heterocycles. The highest BCUT2D eigenvalue weighted by molar-refractivity contribution is 7.80. The minimum absolute atomic E-state index is 0.173. The van der Waals surface area contributed by atoms with Gasteiger partial charge in [0.05, 0.1) is 11.3 Å². The summed E-state index contributed by atoms with van der Waals surface area (Å²) in [6.45, 7) is 9.56. The maximum atomic E-state index is 13.1. The van der Waals surface area contributed by atoms with E-state index in [0.29, 0.717) is 34.4 Å². The molecule has 0 saturated carbocycles. The molecule has 8 nitrogen and oxygen atoms in total. The van der Waals surface area contributed by atoms with Crippen molar-refractivity contribution in [1.29, 1.82) is 0 Å². The number of nitrogens with one attached hydrogen (secondary N) is 1. The molecule has 0 unspecified atom stereocenters. The van der Waals surface area contributed by atoms with E-state index >= 15 is 0 Å². The van der Waals surface area contributed by atoms with E-state index in [4.69, 9.17) is 17.0 Å². The number of anilines is 1. The summed E-state index contributed by atoms with van der Waals surface area (Å²) in [5.74, 6) is -0.909. The number of hydrogen-bond acceptors (Lipinski definition) is 6. The van der Waals surface area contributed by atoms with Gasteiger partial charge in [0.25, 0.3) is 11.8 Å². The number of ether oxygens (including phenoxy) is 1. The number of carbonyl (C=O) groups excluding carboxylic acids is 3. The number of fused-ring (bicyclic) bond motifs is 1. The van der Waals surface area contributed by atoms with E-state index in [9.17, 15) is 14.4 Å². The molecule has 1 fully saturated rings. The normalized spacial score (nSPS) is 18.8. The number of amides is 2. The van der Waals surface area contributed by atoms with Crippen LogP contribution in [0.4, 0.5) is 5.69 Å². The van der Waals surface area contributed by atoms with Gasteiger partial charge in [-0.15, -0.1) is 0 Å². The quantitative estimate of drug-likeness (QED) is 0.281. The van der Waals surface area contributed by atoms with Crippen LogP contribution in [-0.4, -0.2) is 72.0 Å². The van der Waals surface area contributed by atoms with Crippen LogP contribution in [0.1, 0.15) is 49.0 Å². The molecule has 176 valence electrons. The van der Waals surface area contributed by atoms with Crippen LogP contribution in [0.15, 0.2) is 29.3 Å². The van der Waals surface area contributed by atoms with Crippen LogP contribution >= 0.6 is 12.2 Å². The smallest absolute Gasteiger partial charge is 0.338 e. The average Bonchev–Trinajstić information content (AvgIpc) is 3.28. The number of cyclic esters (lactones) is 1. The Bertz CT molecular complexity index is 1010. The second kappa shape index (κ2) is 10.0. The summed E-state index contributed by atoms with van der Waals surface area (Å²) >= 11 is 5.39. The molecule has 1 aromatic rings. The monoisotopic (exact) mass is 470 g/mol. The fraction of sp³-hybridized carbons (Fsp3) is 0.500. The average molecular weight is 471 g/mol. The topological polar surface area (TPSA) is 82.2 Å². The van der Waals surface area contributed by atoms with Crippen LogP contribution in [-0.2, 0) is 20.9 Å². The Morgan fingerprint density at radius 1 is 1.09 bits per heavy atom. The molecule has 33 heavy (non-hydrogen) atoms. The van der Waals surface area contributed by atoms with Crippen LogP contribution in [0.25, 0.3) is 0 Å². The number of unbranched alkanes of at least 4 members (excludes halogenated alkanes) is 1. The third-order valence-electron chi connectivity index (χ3n) is 6.50. The van der Waals surface area contributed by atoms with Crippen molar-refractivity contribution < 1.29 is 19.1 Å². The first-order valence-electron chi connectivity index (χ1n) is 11.5. The highest BCUT2D eigenvalue weighted by Crippen LogP contribution is 2.32. The number of imide groups is 1. The van der Waals surface area contributed by atoms with E-state index in [0.717, 1.165) is 57.2 Å². The molecule has 3 aliphatic rings. The SMILES string of the molecule is CCNC(=S)N1CCN(CCCCC2=C(C)C(=O)N(c3ccc4c(c3)COC4=O)C2=O)CC1. The van der Waals surface area contributed by atoms with E-state index < -0.39 is 0 Å². The summed E-state index contributed by atoms with van der Waals surface area (Å²) in [5, 5.41) is 4.03. The van der Waals surface area contributed by atoms with Crippen LogP contribution < -0.4 is 10.2 Å². The van der Waals surface area contributed by atoms with E-state index in [-0.39, 0.29) is 24.4 Å². The van der Waals surface area contributed by atoms with Gasteiger partial charge >= 0.3 is 5.97 Å². The van der Waals surface area contributed by atoms with Crippen molar-refractivity contribution in [2.24, 2.45) is 0 Å². The molecule has 0 aromatic heterocycles. The lowest BCUT2D eigenvalue weighted by atomic mass is 10.0. The standard InChI is InChI=1S/C24H30N4O4S/c1-3-25-24(33)27-12-10-26(11-13-27)9-5-4-6-19-16(2)21(29)28(22(19)30)18-7-8-20-17(14-18)15-32-23(20)31/h7-8,14H,3-6,9-13,15H2,1-2H3,(H,25,33). The van der Waals surface area contributed by atoms with Gasteiger partial charge in [0.15, 0.2) is 5.11 Å². The van der Waals surface area contributed by atoms with E-state index in [2.05, 4.69) is 15.1 Å². The lowest BCUT2D eigenvalue weighted by Crippen LogP contribution is -2.51. The first kappa shape index (κ1) is 23.4. The first-order chi connectivity index (χ1) is 15.9. The summed E-state index contributed by atoms with van der Waals surface area (Å²) in [5.41, 5.74) is 2.79. The summed E-state index contributed by atoms with van der Waals surface area (Å²) in [6, 6.07) is 4.96. The zero-order chi connectivity index (χ0) is 23.5. The molecule has 3 aliphatic heterocycles. The van der Waals surface area contributed by atoms with Gasteiger partial charge in [0, 0.05) is 49.4 Å². The van der Waals surface area contributed by atoms with Crippen LogP contribution in [0, 0.1) is 0 Å².